The van der Waals surface area contributed by atoms with E-state index in [4.69, 9.17) is 0 Å². The van der Waals surface area contributed by atoms with Crippen LogP contribution in [0.4, 0.5) is 0 Å². The van der Waals surface area contributed by atoms with Crippen LogP contribution in [0, 0.1) is 5.41 Å². The highest BCUT2D eigenvalue weighted by atomic mass is 16.1. The summed E-state index contributed by atoms with van der Waals surface area (Å²) in [4.78, 5) is 13.9. The molecule has 12 heavy (non-hydrogen) atoms. The third-order valence-corrected chi connectivity index (χ3v) is 3.31. The molecule has 2 bridgehead atoms. The number of Topliss-reactive ketones (excluding diaryl/α,β-unsaturated/α-hetero) is 1. The molecule has 0 aromatic heterocycles. The Labute approximate surface area is 73.2 Å². The highest BCUT2D eigenvalue weighted by Gasteiger charge is 2.44. The van der Waals surface area contributed by atoms with Gasteiger partial charge < -0.3 is 0 Å². The Bertz CT molecular complexity index is 214. The van der Waals surface area contributed by atoms with Crippen LogP contribution in [0.3, 0.4) is 0 Å². The Hall–Kier alpha value is -0.630. The lowest BCUT2D eigenvalue weighted by Gasteiger charge is -2.46. The van der Waals surface area contributed by atoms with Crippen LogP contribution in [0.5, 0.6) is 0 Å². The lowest BCUT2D eigenvalue weighted by molar-refractivity contribution is -0.139. The molecule has 0 unspecified atom stereocenters. The minimum absolute atomic E-state index is 0.00347. The molecule has 0 amide bonds. The van der Waals surface area contributed by atoms with E-state index < -0.39 is 0 Å². The summed E-state index contributed by atoms with van der Waals surface area (Å²) in [6, 6.07) is 0. The van der Waals surface area contributed by atoms with E-state index in [0.29, 0.717) is 12.3 Å². The third kappa shape index (κ3) is 1.02. The van der Waals surface area contributed by atoms with Crippen molar-refractivity contribution < 1.29 is 4.79 Å². The van der Waals surface area contributed by atoms with Crippen LogP contribution < -0.4 is 0 Å². The van der Waals surface area contributed by atoms with Gasteiger partial charge in [-0.3, -0.25) is 9.69 Å². The first kappa shape index (κ1) is 7.99. The largest absolute Gasteiger partial charge is 0.298 e. The average molecular weight is 165 g/mol. The van der Waals surface area contributed by atoms with Crippen molar-refractivity contribution in [3.05, 3.63) is 12.7 Å². The molecule has 3 aliphatic heterocycles. The fraction of sp³-hybridized carbons (Fsp3) is 0.700. The number of hydrogen-bond acceptors (Lipinski definition) is 2. The zero-order valence-corrected chi connectivity index (χ0v) is 7.38. The summed E-state index contributed by atoms with van der Waals surface area (Å²) >= 11 is 0. The molecule has 3 saturated heterocycles. The molecule has 0 atom stereocenters. The van der Waals surface area contributed by atoms with Crippen LogP contribution in [-0.2, 0) is 4.79 Å². The number of piperidine rings is 3. The maximum absolute atomic E-state index is 11.7. The Morgan fingerprint density at radius 2 is 2.17 bits per heavy atom. The molecule has 3 rings (SSSR count). The van der Waals surface area contributed by atoms with E-state index in [1.54, 1.807) is 0 Å². The van der Waals surface area contributed by atoms with Gasteiger partial charge in [0, 0.05) is 5.41 Å². The minimum atomic E-state index is -0.00347. The molecule has 2 nitrogen and oxygen atoms in total. The molecule has 3 aliphatic rings. The highest BCUT2D eigenvalue weighted by Crippen LogP contribution is 2.40. The zero-order chi connectivity index (χ0) is 8.60. The number of rotatable bonds is 2. The van der Waals surface area contributed by atoms with E-state index in [-0.39, 0.29) is 5.41 Å². The first-order valence-corrected chi connectivity index (χ1v) is 4.63. The predicted octanol–water partition coefficient (Wildman–Crippen LogP) is 1.23. The van der Waals surface area contributed by atoms with Gasteiger partial charge in [0.2, 0.25) is 0 Å². The summed E-state index contributed by atoms with van der Waals surface area (Å²) < 4.78 is 0. The number of carbonyl (C=O) groups is 1. The van der Waals surface area contributed by atoms with Gasteiger partial charge in [0.1, 0.15) is 0 Å². The number of nitrogens with zero attached hydrogens (tertiary/aromatic N) is 1. The summed E-state index contributed by atoms with van der Waals surface area (Å²) in [7, 11) is 0. The van der Waals surface area contributed by atoms with Crippen LogP contribution in [0.1, 0.15) is 19.3 Å². The number of carbonyl (C=O) groups excluding carboxylic acids is 1. The van der Waals surface area contributed by atoms with Crippen molar-refractivity contribution in [3.8, 4) is 0 Å². The summed E-state index contributed by atoms with van der Waals surface area (Å²) in [6.07, 6.45) is 4.90. The second kappa shape index (κ2) is 2.70. The fourth-order valence-corrected chi connectivity index (χ4v) is 2.38. The molecule has 3 heterocycles. The minimum Gasteiger partial charge on any atom is -0.298 e. The Morgan fingerprint density at radius 1 is 1.50 bits per heavy atom. The van der Waals surface area contributed by atoms with E-state index in [1.165, 1.54) is 0 Å². The molecule has 0 radical (unpaired) electrons. The molecule has 2 heteroatoms. The second-order valence-electron chi connectivity index (χ2n) is 3.97. The first-order chi connectivity index (χ1) is 5.77. The van der Waals surface area contributed by atoms with Gasteiger partial charge in [-0.2, -0.15) is 0 Å². The van der Waals surface area contributed by atoms with Gasteiger partial charge in [-0.25, -0.2) is 0 Å². The highest BCUT2D eigenvalue weighted by molar-refractivity contribution is 5.88. The summed E-state index contributed by atoms with van der Waals surface area (Å²) in [5.41, 5.74) is -0.00347. The van der Waals surface area contributed by atoms with Crippen LogP contribution in [0.2, 0.25) is 0 Å². The number of ketones is 1. The van der Waals surface area contributed by atoms with Crippen molar-refractivity contribution in [2.75, 3.05) is 19.6 Å². The summed E-state index contributed by atoms with van der Waals surface area (Å²) in [6.45, 7) is 6.64. The van der Waals surface area contributed by atoms with E-state index in [2.05, 4.69) is 11.5 Å². The van der Waals surface area contributed by atoms with Crippen molar-refractivity contribution in [1.29, 1.82) is 0 Å². The quantitative estimate of drug-likeness (QED) is 0.573. The molecule has 0 aromatic carbocycles. The molecular formula is C10H15NO. The summed E-state index contributed by atoms with van der Waals surface area (Å²) in [5, 5.41) is 0. The van der Waals surface area contributed by atoms with Gasteiger partial charge >= 0.3 is 0 Å². The second-order valence-corrected chi connectivity index (χ2v) is 3.97. The van der Waals surface area contributed by atoms with Crippen molar-refractivity contribution in [2.24, 2.45) is 5.41 Å². The van der Waals surface area contributed by atoms with Gasteiger partial charge in [0.15, 0.2) is 5.78 Å². The topological polar surface area (TPSA) is 20.3 Å². The molecule has 0 aliphatic carbocycles. The van der Waals surface area contributed by atoms with Crippen LogP contribution in [0.15, 0.2) is 12.7 Å². The van der Waals surface area contributed by atoms with E-state index in [0.717, 1.165) is 32.4 Å². The molecular weight excluding hydrogens is 150 g/mol. The molecule has 0 N–H and O–H groups in total. The van der Waals surface area contributed by atoms with Crippen molar-refractivity contribution in [1.82, 2.24) is 4.90 Å². The smallest absolute Gasteiger partial charge is 0.153 e. The zero-order valence-electron chi connectivity index (χ0n) is 7.38. The first-order valence-electron chi connectivity index (χ1n) is 4.63. The van der Waals surface area contributed by atoms with Crippen molar-refractivity contribution >= 4 is 5.78 Å². The predicted molar refractivity (Wildman–Crippen MR) is 47.9 cm³/mol. The molecule has 0 aromatic rings. The third-order valence-electron chi connectivity index (χ3n) is 3.31. The Kier molecular flexibility index (Phi) is 1.80. The normalized spacial score (nSPS) is 40.0. The Balaban J connectivity index is 2.20. The SMILES string of the molecule is C=CCC12CCN(CC1)CC2=O. The fourth-order valence-electron chi connectivity index (χ4n) is 2.38. The lowest BCUT2D eigenvalue weighted by atomic mass is 9.69. The van der Waals surface area contributed by atoms with Gasteiger partial charge in [0.05, 0.1) is 6.54 Å². The number of fused-ring (bicyclic) bond motifs is 3. The van der Waals surface area contributed by atoms with Gasteiger partial charge in [-0.1, -0.05) is 6.08 Å². The standard InChI is InChI=1S/C10H15NO/c1-2-3-10-4-6-11(7-5-10)8-9(10)12/h2H,1,3-8H2. The number of hydrogen-bond donors (Lipinski definition) is 0. The Morgan fingerprint density at radius 3 is 2.67 bits per heavy atom. The lowest BCUT2D eigenvalue weighted by Crippen LogP contribution is -2.54. The molecule has 66 valence electrons. The summed E-state index contributed by atoms with van der Waals surface area (Å²) in [5.74, 6) is 0.444. The van der Waals surface area contributed by atoms with Gasteiger partial charge in [-0.05, 0) is 32.4 Å². The van der Waals surface area contributed by atoms with Crippen LogP contribution >= 0.6 is 0 Å². The van der Waals surface area contributed by atoms with E-state index >= 15 is 0 Å². The molecule has 0 spiro atoms. The van der Waals surface area contributed by atoms with E-state index in [9.17, 15) is 4.79 Å². The maximum atomic E-state index is 11.7. The maximum Gasteiger partial charge on any atom is 0.153 e. The van der Waals surface area contributed by atoms with Crippen LogP contribution in [-0.4, -0.2) is 30.3 Å². The van der Waals surface area contributed by atoms with Gasteiger partial charge in [0.25, 0.3) is 0 Å². The number of allylic oxidation sites excluding steroid dienone is 1. The van der Waals surface area contributed by atoms with Crippen molar-refractivity contribution in [2.45, 2.75) is 19.3 Å². The molecule has 3 fully saturated rings. The monoisotopic (exact) mass is 165 g/mol. The van der Waals surface area contributed by atoms with E-state index in [1.807, 2.05) is 6.08 Å². The average Bonchev–Trinajstić information content (AvgIpc) is 2.08. The van der Waals surface area contributed by atoms with Crippen molar-refractivity contribution in [3.63, 3.8) is 0 Å². The molecule has 0 saturated carbocycles. The van der Waals surface area contributed by atoms with Crippen LogP contribution in [0.25, 0.3) is 0 Å². The van der Waals surface area contributed by atoms with Gasteiger partial charge in [-0.15, -0.1) is 6.58 Å².